The van der Waals surface area contributed by atoms with E-state index in [0.29, 0.717) is 6.61 Å². The first-order valence-corrected chi connectivity index (χ1v) is 8.92. The molecule has 3 nitrogen and oxygen atoms in total. The number of rotatable bonds is 11. The van der Waals surface area contributed by atoms with Gasteiger partial charge in [0.1, 0.15) is 12.4 Å². The van der Waals surface area contributed by atoms with E-state index in [2.05, 4.69) is 36.5 Å². The summed E-state index contributed by atoms with van der Waals surface area (Å²) in [6.07, 6.45) is 9.25. The lowest BCUT2D eigenvalue weighted by molar-refractivity contribution is 0.0679. The molecule has 0 radical (unpaired) electrons. The topological polar surface area (TPSA) is 30.5 Å². The average Bonchev–Trinajstić information content (AvgIpc) is 3.07. The minimum Gasteiger partial charge on any atom is -0.491 e. The summed E-state index contributed by atoms with van der Waals surface area (Å²) in [4.78, 5) is 0. The highest BCUT2D eigenvalue weighted by Gasteiger charge is 2.15. The second-order valence-electron chi connectivity index (χ2n) is 6.18. The van der Waals surface area contributed by atoms with Crippen molar-refractivity contribution in [2.45, 2.75) is 64.5 Å². The fourth-order valence-corrected chi connectivity index (χ4v) is 2.75. The molecule has 0 bridgehead atoms. The van der Waals surface area contributed by atoms with Gasteiger partial charge in [-0.05, 0) is 43.5 Å². The normalized spacial score (nSPS) is 17.8. The molecule has 1 aromatic carbocycles. The molecule has 124 valence electrons. The van der Waals surface area contributed by atoms with Crippen molar-refractivity contribution < 1.29 is 9.47 Å². The van der Waals surface area contributed by atoms with E-state index < -0.39 is 0 Å². The molecule has 1 heterocycles. The van der Waals surface area contributed by atoms with Crippen LogP contribution in [0.2, 0.25) is 0 Å². The number of unbranched alkanes of at least 4 members (excludes halogenated alkanes) is 4. The Kier molecular flexibility index (Phi) is 8.36. The Hall–Kier alpha value is -1.06. The molecule has 0 amide bonds. The minimum atomic E-state index is 0.286. The Bertz CT molecular complexity index is 385. The molecule has 0 spiro atoms. The van der Waals surface area contributed by atoms with Crippen LogP contribution in [0, 0.1) is 0 Å². The largest absolute Gasteiger partial charge is 0.491 e. The molecule has 1 aromatic rings. The molecule has 22 heavy (non-hydrogen) atoms. The Morgan fingerprint density at radius 3 is 2.68 bits per heavy atom. The van der Waals surface area contributed by atoms with Crippen molar-refractivity contribution in [3.8, 4) is 5.75 Å². The molecule has 1 saturated heterocycles. The maximum absolute atomic E-state index is 5.78. The molecule has 1 N–H and O–H groups in total. The molecule has 3 heteroatoms. The molecule has 1 atom stereocenters. The molecule has 1 fully saturated rings. The maximum atomic E-state index is 5.78. The van der Waals surface area contributed by atoms with Crippen LogP contribution in [0.25, 0.3) is 0 Å². The van der Waals surface area contributed by atoms with Crippen LogP contribution < -0.4 is 10.1 Å². The van der Waals surface area contributed by atoms with Crippen LogP contribution in [0.15, 0.2) is 24.3 Å². The number of ether oxygens (including phenoxy) is 2. The van der Waals surface area contributed by atoms with Crippen LogP contribution in [0.1, 0.15) is 57.4 Å². The van der Waals surface area contributed by atoms with E-state index in [9.17, 15) is 0 Å². The van der Waals surface area contributed by atoms with Gasteiger partial charge in [-0.3, -0.25) is 0 Å². The van der Waals surface area contributed by atoms with E-state index in [-0.39, 0.29) is 6.10 Å². The first-order chi connectivity index (χ1) is 10.9. The van der Waals surface area contributed by atoms with E-state index in [1.165, 1.54) is 37.7 Å². The smallest absolute Gasteiger partial charge is 0.119 e. The first-order valence-electron chi connectivity index (χ1n) is 8.92. The number of hydrogen-bond acceptors (Lipinski definition) is 3. The van der Waals surface area contributed by atoms with Crippen molar-refractivity contribution in [1.29, 1.82) is 0 Å². The number of nitrogens with one attached hydrogen (secondary N) is 1. The fourth-order valence-electron chi connectivity index (χ4n) is 2.75. The summed E-state index contributed by atoms with van der Waals surface area (Å²) in [7, 11) is 0. The summed E-state index contributed by atoms with van der Waals surface area (Å²) in [5, 5.41) is 3.51. The van der Waals surface area contributed by atoms with Gasteiger partial charge in [0.05, 0.1) is 6.10 Å². The summed E-state index contributed by atoms with van der Waals surface area (Å²) in [6, 6.07) is 8.42. The van der Waals surface area contributed by atoms with Gasteiger partial charge in [-0.25, -0.2) is 0 Å². The van der Waals surface area contributed by atoms with Crippen LogP contribution in [0.5, 0.6) is 5.75 Å². The Morgan fingerprint density at radius 2 is 1.95 bits per heavy atom. The predicted molar refractivity (Wildman–Crippen MR) is 91.4 cm³/mol. The summed E-state index contributed by atoms with van der Waals surface area (Å²) in [6.45, 7) is 5.87. The van der Waals surface area contributed by atoms with Gasteiger partial charge in [0.2, 0.25) is 0 Å². The Morgan fingerprint density at radius 1 is 1.14 bits per heavy atom. The zero-order valence-corrected chi connectivity index (χ0v) is 14.0. The molecular weight excluding hydrogens is 274 g/mol. The average molecular weight is 305 g/mol. The highest BCUT2D eigenvalue weighted by molar-refractivity contribution is 5.27. The monoisotopic (exact) mass is 305 g/mol. The highest BCUT2D eigenvalue weighted by Crippen LogP contribution is 2.16. The van der Waals surface area contributed by atoms with Crippen LogP contribution in [-0.2, 0) is 11.3 Å². The van der Waals surface area contributed by atoms with Gasteiger partial charge >= 0.3 is 0 Å². The summed E-state index contributed by atoms with van der Waals surface area (Å²) in [5.74, 6) is 0.943. The Labute approximate surface area is 135 Å². The lowest BCUT2D eigenvalue weighted by Gasteiger charge is -2.12. The third kappa shape index (κ3) is 6.80. The molecule has 2 rings (SSSR count). The zero-order valence-electron chi connectivity index (χ0n) is 14.0. The summed E-state index contributed by atoms with van der Waals surface area (Å²) in [5.41, 5.74) is 1.32. The van der Waals surface area contributed by atoms with E-state index in [1.54, 1.807) is 0 Å². The van der Waals surface area contributed by atoms with Crippen LogP contribution >= 0.6 is 0 Å². The lowest BCUT2D eigenvalue weighted by atomic mass is 10.1. The molecular formula is C19H31NO2. The van der Waals surface area contributed by atoms with E-state index >= 15 is 0 Å². The molecule has 0 aromatic heterocycles. The van der Waals surface area contributed by atoms with Gasteiger partial charge in [0, 0.05) is 13.2 Å². The molecule has 1 aliphatic heterocycles. The van der Waals surface area contributed by atoms with Crippen molar-refractivity contribution in [2.24, 2.45) is 0 Å². The Balaban J connectivity index is 1.56. The van der Waals surface area contributed by atoms with E-state index in [0.717, 1.165) is 38.3 Å². The third-order valence-electron chi connectivity index (χ3n) is 4.17. The standard InChI is InChI=1S/C19H31NO2/c1-2-3-4-5-6-13-20-15-17-9-11-18(12-10-17)22-16-19-8-7-14-21-19/h9-12,19-20H,2-8,13-16H2,1H3. The minimum absolute atomic E-state index is 0.286. The van der Waals surface area contributed by atoms with Crippen molar-refractivity contribution >= 4 is 0 Å². The van der Waals surface area contributed by atoms with Crippen molar-refractivity contribution in [1.82, 2.24) is 5.32 Å². The summed E-state index contributed by atoms with van der Waals surface area (Å²) < 4.78 is 11.3. The lowest BCUT2D eigenvalue weighted by Crippen LogP contribution is -2.16. The van der Waals surface area contributed by atoms with Crippen LogP contribution in [0.4, 0.5) is 0 Å². The van der Waals surface area contributed by atoms with Gasteiger partial charge in [0.25, 0.3) is 0 Å². The fraction of sp³-hybridized carbons (Fsp3) is 0.684. The maximum Gasteiger partial charge on any atom is 0.119 e. The van der Waals surface area contributed by atoms with Gasteiger partial charge in [-0.2, -0.15) is 0 Å². The second kappa shape index (κ2) is 10.6. The SMILES string of the molecule is CCCCCCCNCc1ccc(OCC2CCCO2)cc1. The quantitative estimate of drug-likeness (QED) is 0.618. The van der Waals surface area contributed by atoms with Crippen molar-refractivity contribution in [2.75, 3.05) is 19.8 Å². The second-order valence-corrected chi connectivity index (χ2v) is 6.18. The molecule has 0 saturated carbocycles. The number of benzene rings is 1. The highest BCUT2D eigenvalue weighted by atomic mass is 16.5. The molecule has 0 aliphatic carbocycles. The van der Waals surface area contributed by atoms with E-state index in [1.807, 2.05) is 0 Å². The molecule has 1 unspecified atom stereocenters. The summed E-state index contributed by atoms with van der Waals surface area (Å²) >= 11 is 0. The van der Waals surface area contributed by atoms with Gasteiger partial charge in [0.15, 0.2) is 0 Å². The first kappa shape index (κ1) is 17.3. The van der Waals surface area contributed by atoms with Crippen molar-refractivity contribution in [3.05, 3.63) is 29.8 Å². The number of hydrogen-bond donors (Lipinski definition) is 1. The molecule has 1 aliphatic rings. The van der Waals surface area contributed by atoms with Crippen LogP contribution in [0.3, 0.4) is 0 Å². The van der Waals surface area contributed by atoms with Gasteiger partial charge in [-0.15, -0.1) is 0 Å². The van der Waals surface area contributed by atoms with Crippen molar-refractivity contribution in [3.63, 3.8) is 0 Å². The van der Waals surface area contributed by atoms with Gasteiger partial charge in [-0.1, -0.05) is 44.7 Å². The predicted octanol–water partition coefficient (Wildman–Crippen LogP) is 4.30. The van der Waals surface area contributed by atoms with Gasteiger partial charge < -0.3 is 14.8 Å². The third-order valence-corrected chi connectivity index (χ3v) is 4.17. The zero-order chi connectivity index (χ0) is 15.5. The van der Waals surface area contributed by atoms with Crippen LogP contribution in [-0.4, -0.2) is 25.9 Å². The van der Waals surface area contributed by atoms with E-state index in [4.69, 9.17) is 9.47 Å².